The maximum Gasteiger partial charge on any atom is 0.184 e. The molecule has 0 heterocycles. The second-order valence-electron chi connectivity index (χ2n) is 4.30. The van der Waals surface area contributed by atoms with Gasteiger partial charge < -0.3 is 10.5 Å². The summed E-state index contributed by atoms with van der Waals surface area (Å²) in [5, 5.41) is 5.17. The van der Waals surface area contributed by atoms with Gasteiger partial charge in [0, 0.05) is 21.2 Å². The quantitative estimate of drug-likeness (QED) is 0.488. The first-order valence-corrected chi connectivity index (χ1v) is 7.47. The van der Waals surface area contributed by atoms with Gasteiger partial charge in [0.05, 0.1) is 6.21 Å². The van der Waals surface area contributed by atoms with Crippen LogP contribution in [0, 0.1) is 0 Å². The minimum absolute atomic E-state index is 0.0996. The number of benzene rings is 2. The van der Waals surface area contributed by atoms with Crippen molar-refractivity contribution in [1.82, 2.24) is 5.43 Å². The molecular formula is C15H13Cl2N3OS. The molecule has 2 rings (SSSR count). The third kappa shape index (κ3) is 4.87. The molecule has 0 bridgehead atoms. The first-order valence-electron chi connectivity index (χ1n) is 6.30. The smallest absolute Gasteiger partial charge is 0.184 e. The number of hydrogen-bond donors (Lipinski definition) is 2. The van der Waals surface area contributed by atoms with Crippen LogP contribution in [0.3, 0.4) is 0 Å². The standard InChI is InChI=1S/C15H13Cl2N3OS/c16-12-6-5-11(13(17)7-12)9-21-14-4-2-1-3-10(14)8-19-20-15(18)22/h1-8H,9H2,(H3,18,20,22)/b19-8+. The van der Waals surface area contributed by atoms with Crippen LogP contribution in [0.4, 0.5) is 0 Å². The molecule has 3 N–H and O–H groups in total. The van der Waals surface area contributed by atoms with Gasteiger partial charge in [-0.1, -0.05) is 41.4 Å². The number of hydrazone groups is 1. The Morgan fingerprint density at radius 3 is 2.77 bits per heavy atom. The Kier molecular flexibility index (Phi) is 6.00. The van der Waals surface area contributed by atoms with Crippen LogP contribution in [0.2, 0.25) is 10.0 Å². The van der Waals surface area contributed by atoms with E-state index in [1.807, 2.05) is 30.3 Å². The van der Waals surface area contributed by atoms with E-state index in [9.17, 15) is 0 Å². The number of rotatable bonds is 5. The van der Waals surface area contributed by atoms with Crippen molar-refractivity contribution in [2.24, 2.45) is 10.8 Å². The molecule has 0 aromatic heterocycles. The summed E-state index contributed by atoms with van der Waals surface area (Å²) in [6, 6.07) is 12.7. The summed E-state index contributed by atoms with van der Waals surface area (Å²) in [6.07, 6.45) is 1.58. The van der Waals surface area contributed by atoms with Crippen molar-refractivity contribution in [1.29, 1.82) is 0 Å². The lowest BCUT2D eigenvalue weighted by Gasteiger charge is -2.10. The van der Waals surface area contributed by atoms with Gasteiger partial charge in [-0.05, 0) is 36.5 Å². The van der Waals surface area contributed by atoms with Gasteiger partial charge in [-0.2, -0.15) is 5.10 Å². The molecule has 4 nitrogen and oxygen atoms in total. The largest absolute Gasteiger partial charge is 0.488 e. The van der Waals surface area contributed by atoms with E-state index in [-0.39, 0.29) is 5.11 Å². The van der Waals surface area contributed by atoms with Crippen molar-refractivity contribution >= 4 is 46.7 Å². The zero-order valence-electron chi connectivity index (χ0n) is 11.4. The van der Waals surface area contributed by atoms with Crippen molar-refractivity contribution in [3.8, 4) is 5.75 Å². The van der Waals surface area contributed by atoms with Crippen LogP contribution in [0.15, 0.2) is 47.6 Å². The lowest BCUT2D eigenvalue weighted by atomic mass is 10.2. The van der Waals surface area contributed by atoms with E-state index >= 15 is 0 Å². The highest BCUT2D eigenvalue weighted by atomic mass is 35.5. The zero-order chi connectivity index (χ0) is 15.9. The Morgan fingerprint density at radius 2 is 2.05 bits per heavy atom. The average Bonchev–Trinajstić information content (AvgIpc) is 2.47. The molecule has 0 amide bonds. The number of para-hydroxylation sites is 1. The highest BCUT2D eigenvalue weighted by Gasteiger charge is 2.05. The lowest BCUT2D eigenvalue weighted by molar-refractivity contribution is 0.306. The summed E-state index contributed by atoms with van der Waals surface area (Å²) in [5.41, 5.74) is 9.44. The molecule has 0 radical (unpaired) electrons. The first kappa shape index (κ1) is 16.5. The van der Waals surface area contributed by atoms with E-state index in [0.29, 0.717) is 22.4 Å². The molecule has 2 aromatic carbocycles. The Hall–Kier alpha value is -1.82. The van der Waals surface area contributed by atoms with Crippen LogP contribution >= 0.6 is 35.4 Å². The molecule has 0 aliphatic heterocycles. The topological polar surface area (TPSA) is 59.6 Å². The fraction of sp³-hybridized carbons (Fsp3) is 0.0667. The molecule has 22 heavy (non-hydrogen) atoms. The molecule has 2 aromatic rings. The molecule has 0 saturated heterocycles. The summed E-state index contributed by atoms with van der Waals surface area (Å²) in [5.74, 6) is 0.669. The Bertz CT molecular complexity index is 707. The van der Waals surface area contributed by atoms with E-state index in [0.717, 1.165) is 11.1 Å². The lowest BCUT2D eigenvalue weighted by Crippen LogP contribution is -2.24. The fourth-order valence-electron chi connectivity index (χ4n) is 1.68. The highest BCUT2D eigenvalue weighted by molar-refractivity contribution is 7.80. The summed E-state index contributed by atoms with van der Waals surface area (Å²) < 4.78 is 5.79. The predicted octanol–water partition coefficient (Wildman–Crippen LogP) is 3.74. The summed E-state index contributed by atoms with van der Waals surface area (Å²) >= 11 is 16.7. The van der Waals surface area contributed by atoms with Gasteiger partial charge in [-0.3, -0.25) is 5.43 Å². The Balaban J connectivity index is 2.09. The number of hydrogen-bond acceptors (Lipinski definition) is 3. The van der Waals surface area contributed by atoms with Gasteiger partial charge in [-0.15, -0.1) is 0 Å². The third-order valence-corrected chi connectivity index (χ3v) is 3.37. The van der Waals surface area contributed by atoms with Crippen LogP contribution < -0.4 is 15.9 Å². The number of ether oxygens (including phenoxy) is 1. The molecule has 0 spiro atoms. The molecule has 0 atom stereocenters. The van der Waals surface area contributed by atoms with E-state index < -0.39 is 0 Å². The maximum atomic E-state index is 6.12. The van der Waals surface area contributed by atoms with Crippen LogP contribution in [-0.2, 0) is 6.61 Å². The molecule has 0 saturated carbocycles. The summed E-state index contributed by atoms with van der Waals surface area (Å²) in [4.78, 5) is 0. The maximum absolute atomic E-state index is 6.12. The van der Waals surface area contributed by atoms with Gasteiger partial charge in [0.15, 0.2) is 5.11 Å². The number of thiocarbonyl (C=S) groups is 1. The molecule has 0 unspecified atom stereocenters. The predicted molar refractivity (Wildman–Crippen MR) is 94.8 cm³/mol. The SMILES string of the molecule is NC(=S)N/N=C/c1ccccc1OCc1ccc(Cl)cc1Cl. The molecule has 114 valence electrons. The van der Waals surface area contributed by atoms with E-state index in [1.54, 1.807) is 18.3 Å². The molecule has 7 heteroatoms. The molecular weight excluding hydrogens is 341 g/mol. The normalized spacial score (nSPS) is 10.6. The van der Waals surface area contributed by atoms with Gasteiger partial charge in [-0.25, -0.2) is 0 Å². The van der Waals surface area contributed by atoms with Crippen LogP contribution in [0.25, 0.3) is 0 Å². The monoisotopic (exact) mass is 353 g/mol. The number of nitrogens with two attached hydrogens (primary N) is 1. The van der Waals surface area contributed by atoms with Crippen molar-refractivity contribution in [2.75, 3.05) is 0 Å². The van der Waals surface area contributed by atoms with Crippen LogP contribution in [0.1, 0.15) is 11.1 Å². The molecule has 0 aliphatic carbocycles. The number of nitrogens with zero attached hydrogens (tertiary/aromatic N) is 1. The van der Waals surface area contributed by atoms with Crippen molar-refractivity contribution in [3.05, 3.63) is 63.6 Å². The first-order chi connectivity index (χ1) is 10.6. The fourth-order valence-corrected chi connectivity index (χ4v) is 2.19. The number of halogens is 2. The second kappa shape index (κ2) is 7.98. The Labute approximate surface area is 143 Å². The minimum atomic E-state index is 0.0996. The Morgan fingerprint density at radius 1 is 1.27 bits per heavy atom. The number of nitrogens with one attached hydrogen (secondary N) is 1. The summed E-state index contributed by atoms with van der Waals surface area (Å²) in [6.45, 7) is 0.323. The van der Waals surface area contributed by atoms with E-state index in [4.69, 9.17) is 33.7 Å². The van der Waals surface area contributed by atoms with Gasteiger partial charge in [0.25, 0.3) is 0 Å². The van der Waals surface area contributed by atoms with E-state index in [1.165, 1.54) is 0 Å². The van der Waals surface area contributed by atoms with Gasteiger partial charge in [0.2, 0.25) is 0 Å². The highest BCUT2D eigenvalue weighted by Crippen LogP contribution is 2.23. The second-order valence-corrected chi connectivity index (χ2v) is 5.58. The van der Waals surface area contributed by atoms with Crippen LogP contribution in [0.5, 0.6) is 5.75 Å². The van der Waals surface area contributed by atoms with E-state index in [2.05, 4.69) is 22.7 Å². The van der Waals surface area contributed by atoms with Crippen LogP contribution in [-0.4, -0.2) is 11.3 Å². The zero-order valence-corrected chi connectivity index (χ0v) is 13.8. The van der Waals surface area contributed by atoms with Gasteiger partial charge >= 0.3 is 0 Å². The minimum Gasteiger partial charge on any atom is -0.488 e. The molecule has 0 fully saturated rings. The van der Waals surface area contributed by atoms with Crippen molar-refractivity contribution in [3.63, 3.8) is 0 Å². The summed E-state index contributed by atoms with van der Waals surface area (Å²) in [7, 11) is 0. The van der Waals surface area contributed by atoms with Crippen molar-refractivity contribution in [2.45, 2.75) is 6.61 Å². The average molecular weight is 354 g/mol. The van der Waals surface area contributed by atoms with Crippen molar-refractivity contribution < 1.29 is 4.74 Å². The molecule has 0 aliphatic rings. The van der Waals surface area contributed by atoms with Gasteiger partial charge in [0.1, 0.15) is 12.4 Å². The third-order valence-electron chi connectivity index (χ3n) is 2.70.